The molecule has 0 spiro atoms. The molecule has 122 valence electrons. The van der Waals surface area contributed by atoms with E-state index in [1.165, 1.54) is 17.7 Å². The molecule has 0 amide bonds. The fourth-order valence-corrected chi connectivity index (χ4v) is 2.84. The van der Waals surface area contributed by atoms with Gasteiger partial charge in [0.2, 0.25) is 0 Å². The van der Waals surface area contributed by atoms with Crippen LogP contribution in [0.15, 0.2) is 60.7 Å². The Hall–Kier alpha value is -2.48. The molecule has 2 heteroatoms. The smallest absolute Gasteiger partial charge is 0.131 e. The van der Waals surface area contributed by atoms with Gasteiger partial charge in [0.25, 0.3) is 0 Å². The summed E-state index contributed by atoms with van der Waals surface area (Å²) in [6, 6.07) is 18.1. The molecule has 0 saturated heterocycles. The van der Waals surface area contributed by atoms with Crippen molar-refractivity contribution in [3.63, 3.8) is 0 Å². The fourth-order valence-electron chi connectivity index (χ4n) is 2.84. The second-order valence-corrected chi connectivity index (χ2v) is 6.11. The summed E-state index contributed by atoms with van der Waals surface area (Å²) in [5, 5.41) is 0. The molecule has 0 aliphatic heterocycles. The van der Waals surface area contributed by atoms with Crippen molar-refractivity contribution in [3.05, 3.63) is 83.4 Å². The molecule has 3 aromatic rings. The van der Waals surface area contributed by atoms with Crippen LogP contribution in [0.3, 0.4) is 0 Å². The Balaban J connectivity index is 1.93. The Bertz CT molecular complexity index is 848. The Morgan fingerprint density at radius 1 is 0.708 bits per heavy atom. The molecule has 24 heavy (non-hydrogen) atoms. The summed E-state index contributed by atoms with van der Waals surface area (Å²) in [6.07, 6.45) is 2.16. The summed E-state index contributed by atoms with van der Waals surface area (Å²) >= 11 is 0. The molecule has 0 fully saturated rings. The summed E-state index contributed by atoms with van der Waals surface area (Å²) in [4.78, 5) is 0. The topological polar surface area (TPSA) is 0 Å². The van der Waals surface area contributed by atoms with E-state index in [1.54, 1.807) is 25.1 Å². The molecule has 0 atom stereocenters. The standard InChI is InChI=1S/C22H20F2/c1-3-4-16-6-9-17(10-7-16)18-11-12-20(22(24)13-18)19-8-5-15(2)21(23)14-19/h5-14H,3-4H2,1-2H3. The van der Waals surface area contributed by atoms with Crippen molar-refractivity contribution in [3.8, 4) is 22.3 Å². The lowest BCUT2D eigenvalue weighted by atomic mass is 9.98. The van der Waals surface area contributed by atoms with Crippen LogP contribution in [0.1, 0.15) is 24.5 Å². The van der Waals surface area contributed by atoms with E-state index < -0.39 is 0 Å². The highest BCUT2D eigenvalue weighted by Gasteiger charge is 2.09. The minimum Gasteiger partial charge on any atom is -0.207 e. The molecular formula is C22H20F2. The van der Waals surface area contributed by atoms with E-state index in [4.69, 9.17) is 0 Å². The van der Waals surface area contributed by atoms with Crippen molar-refractivity contribution in [2.45, 2.75) is 26.7 Å². The largest absolute Gasteiger partial charge is 0.207 e. The monoisotopic (exact) mass is 322 g/mol. The SMILES string of the molecule is CCCc1ccc(-c2ccc(-c3ccc(C)c(F)c3)c(F)c2)cc1. The number of halogens is 2. The zero-order valence-electron chi connectivity index (χ0n) is 13.9. The van der Waals surface area contributed by atoms with Crippen LogP contribution in [-0.2, 0) is 6.42 Å². The van der Waals surface area contributed by atoms with Gasteiger partial charge in [-0.15, -0.1) is 0 Å². The molecular weight excluding hydrogens is 302 g/mol. The van der Waals surface area contributed by atoms with E-state index in [2.05, 4.69) is 19.1 Å². The Morgan fingerprint density at radius 3 is 1.96 bits per heavy atom. The number of hydrogen-bond acceptors (Lipinski definition) is 0. The summed E-state index contributed by atoms with van der Waals surface area (Å²) in [6.45, 7) is 3.84. The molecule has 0 saturated carbocycles. The predicted molar refractivity (Wildman–Crippen MR) is 96.0 cm³/mol. The van der Waals surface area contributed by atoms with Gasteiger partial charge >= 0.3 is 0 Å². The molecule has 0 aromatic heterocycles. The molecule has 0 N–H and O–H groups in total. The van der Waals surface area contributed by atoms with Crippen molar-refractivity contribution in [2.75, 3.05) is 0 Å². The molecule has 3 aromatic carbocycles. The van der Waals surface area contributed by atoms with Crippen LogP contribution in [0.4, 0.5) is 8.78 Å². The number of rotatable bonds is 4. The summed E-state index contributed by atoms with van der Waals surface area (Å²) in [5.74, 6) is -0.657. The van der Waals surface area contributed by atoms with E-state index in [0.29, 0.717) is 16.7 Å². The highest BCUT2D eigenvalue weighted by Crippen LogP contribution is 2.29. The first-order valence-corrected chi connectivity index (χ1v) is 8.24. The van der Waals surface area contributed by atoms with Gasteiger partial charge in [-0.3, -0.25) is 0 Å². The van der Waals surface area contributed by atoms with Gasteiger partial charge in [0.1, 0.15) is 11.6 Å². The zero-order valence-corrected chi connectivity index (χ0v) is 13.9. The summed E-state index contributed by atoms with van der Waals surface area (Å²) in [7, 11) is 0. The molecule has 0 unspecified atom stereocenters. The van der Waals surface area contributed by atoms with Crippen LogP contribution in [0.5, 0.6) is 0 Å². The van der Waals surface area contributed by atoms with E-state index in [9.17, 15) is 8.78 Å². The third-order valence-corrected chi connectivity index (χ3v) is 4.28. The van der Waals surface area contributed by atoms with Crippen molar-refractivity contribution in [1.29, 1.82) is 0 Å². The van der Waals surface area contributed by atoms with Gasteiger partial charge in [-0.05, 0) is 53.3 Å². The molecule has 0 aliphatic rings. The fraction of sp³-hybridized carbons (Fsp3) is 0.182. The van der Waals surface area contributed by atoms with Crippen molar-refractivity contribution in [2.24, 2.45) is 0 Å². The first-order valence-electron chi connectivity index (χ1n) is 8.24. The summed E-state index contributed by atoms with van der Waals surface area (Å²) in [5.41, 5.74) is 4.62. The van der Waals surface area contributed by atoms with Crippen LogP contribution in [0, 0.1) is 18.6 Å². The molecule has 0 radical (unpaired) electrons. The average Bonchev–Trinajstić information content (AvgIpc) is 2.58. The van der Waals surface area contributed by atoms with Gasteiger partial charge in [0.05, 0.1) is 0 Å². The third kappa shape index (κ3) is 3.38. The Labute approximate surface area is 141 Å². The Kier molecular flexibility index (Phi) is 4.75. The lowest BCUT2D eigenvalue weighted by molar-refractivity contribution is 0.617. The van der Waals surface area contributed by atoms with E-state index in [1.807, 2.05) is 18.2 Å². The normalized spacial score (nSPS) is 10.8. The highest BCUT2D eigenvalue weighted by molar-refractivity contribution is 5.71. The molecule has 3 rings (SSSR count). The molecule has 0 nitrogen and oxygen atoms in total. The van der Waals surface area contributed by atoms with E-state index in [-0.39, 0.29) is 11.6 Å². The maximum absolute atomic E-state index is 14.5. The van der Waals surface area contributed by atoms with Crippen LogP contribution < -0.4 is 0 Å². The van der Waals surface area contributed by atoms with Crippen LogP contribution in [0.25, 0.3) is 22.3 Å². The average molecular weight is 322 g/mol. The molecule has 0 bridgehead atoms. The number of hydrogen-bond donors (Lipinski definition) is 0. The molecule has 0 aliphatic carbocycles. The van der Waals surface area contributed by atoms with Crippen molar-refractivity contribution in [1.82, 2.24) is 0 Å². The van der Waals surface area contributed by atoms with Crippen LogP contribution in [-0.4, -0.2) is 0 Å². The van der Waals surface area contributed by atoms with E-state index in [0.717, 1.165) is 24.0 Å². The van der Waals surface area contributed by atoms with Crippen LogP contribution >= 0.6 is 0 Å². The maximum atomic E-state index is 14.5. The molecule has 0 heterocycles. The maximum Gasteiger partial charge on any atom is 0.131 e. The number of benzene rings is 3. The van der Waals surface area contributed by atoms with Crippen molar-refractivity contribution < 1.29 is 8.78 Å². The van der Waals surface area contributed by atoms with Crippen molar-refractivity contribution >= 4 is 0 Å². The predicted octanol–water partition coefficient (Wildman–Crippen LogP) is 6.56. The van der Waals surface area contributed by atoms with Gasteiger partial charge in [-0.25, -0.2) is 8.78 Å². The second kappa shape index (κ2) is 6.96. The Morgan fingerprint density at radius 2 is 1.33 bits per heavy atom. The first kappa shape index (κ1) is 16.4. The minimum atomic E-state index is -0.339. The van der Waals surface area contributed by atoms with Gasteiger partial charge in [0, 0.05) is 5.56 Å². The van der Waals surface area contributed by atoms with Gasteiger partial charge < -0.3 is 0 Å². The second-order valence-electron chi connectivity index (χ2n) is 6.11. The van der Waals surface area contributed by atoms with Crippen LogP contribution in [0.2, 0.25) is 0 Å². The van der Waals surface area contributed by atoms with E-state index >= 15 is 0 Å². The lowest BCUT2D eigenvalue weighted by Crippen LogP contribution is -1.89. The summed E-state index contributed by atoms with van der Waals surface area (Å²) < 4.78 is 28.3. The minimum absolute atomic E-state index is 0.317. The van der Waals surface area contributed by atoms with Gasteiger partial charge in [-0.2, -0.15) is 0 Å². The first-order chi connectivity index (χ1) is 11.6. The zero-order chi connectivity index (χ0) is 17.1. The quantitative estimate of drug-likeness (QED) is 0.510. The third-order valence-electron chi connectivity index (χ3n) is 4.28. The lowest BCUT2D eigenvalue weighted by Gasteiger charge is -2.09. The van der Waals surface area contributed by atoms with Gasteiger partial charge in [-0.1, -0.05) is 61.9 Å². The highest BCUT2D eigenvalue weighted by atomic mass is 19.1. The van der Waals surface area contributed by atoms with Gasteiger partial charge in [0.15, 0.2) is 0 Å². The number of aryl methyl sites for hydroxylation is 2.